The van der Waals surface area contributed by atoms with E-state index in [9.17, 15) is 4.79 Å². The monoisotopic (exact) mass is 331 g/mol. The molecule has 22 heavy (non-hydrogen) atoms. The fraction of sp³-hybridized carbons (Fsp3) is 0.118. The molecule has 5 heteroatoms. The number of nitrogens with one attached hydrogen (secondary N) is 1. The molecule has 0 spiro atoms. The number of rotatable bonds is 4. The second kappa shape index (κ2) is 6.48. The Labute approximate surface area is 137 Å². The van der Waals surface area contributed by atoms with Gasteiger partial charge in [-0.25, -0.2) is 0 Å². The normalized spacial score (nSPS) is 10.8. The van der Waals surface area contributed by atoms with E-state index in [-0.39, 0.29) is 12.5 Å². The molecule has 3 nitrogen and oxygen atoms in total. The highest BCUT2D eigenvalue weighted by Crippen LogP contribution is 2.29. The number of aliphatic hydroxyl groups excluding tert-OH is 1. The molecular formula is C17H14ClNO2S. The molecule has 2 aromatic carbocycles. The highest BCUT2D eigenvalue weighted by molar-refractivity contribution is 7.17. The molecule has 0 aliphatic rings. The predicted octanol–water partition coefficient (Wildman–Crippen LogP) is 4.23. The van der Waals surface area contributed by atoms with Gasteiger partial charge in [0.1, 0.15) is 0 Å². The third kappa shape index (κ3) is 3.30. The van der Waals surface area contributed by atoms with E-state index in [2.05, 4.69) is 5.32 Å². The van der Waals surface area contributed by atoms with Crippen LogP contribution in [0.4, 0.5) is 5.69 Å². The lowest BCUT2D eigenvalue weighted by atomic mass is 10.1. The molecule has 3 rings (SSSR count). The summed E-state index contributed by atoms with van der Waals surface area (Å²) in [5.41, 5.74) is 2.43. The van der Waals surface area contributed by atoms with Gasteiger partial charge >= 0.3 is 0 Å². The van der Waals surface area contributed by atoms with E-state index in [0.29, 0.717) is 17.1 Å². The number of thiophene rings is 1. The Morgan fingerprint density at radius 2 is 2.09 bits per heavy atom. The molecule has 0 radical (unpaired) electrons. The third-order valence-corrected chi connectivity index (χ3v) is 4.61. The van der Waals surface area contributed by atoms with Gasteiger partial charge in [-0.2, -0.15) is 0 Å². The summed E-state index contributed by atoms with van der Waals surface area (Å²) >= 11 is 7.63. The molecule has 0 atom stereocenters. The van der Waals surface area contributed by atoms with Crippen molar-refractivity contribution in [2.24, 2.45) is 0 Å². The van der Waals surface area contributed by atoms with Crippen LogP contribution in [-0.4, -0.2) is 11.0 Å². The first-order valence-electron chi connectivity index (χ1n) is 6.81. The van der Waals surface area contributed by atoms with Gasteiger partial charge in [-0.05, 0) is 52.2 Å². The van der Waals surface area contributed by atoms with Crippen molar-refractivity contribution >= 4 is 44.6 Å². The van der Waals surface area contributed by atoms with Gasteiger partial charge in [0.25, 0.3) is 0 Å². The number of hydrogen-bond donors (Lipinski definition) is 2. The highest BCUT2D eigenvalue weighted by Gasteiger charge is 2.10. The van der Waals surface area contributed by atoms with Crippen LogP contribution >= 0.6 is 22.9 Å². The number of anilines is 1. The molecule has 0 aliphatic heterocycles. The summed E-state index contributed by atoms with van der Waals surface area (Å²) in [5, 5.41) is 15.7. The predicted molar refractivity (Wildman–Crippen MR) is 91.5 cm³/mol. The van der Waals surface area contributed by atoms with Gasteiger partial charge in [-0.3, -0.25) is 4.79 Å². The van der Waals surface area contributed by atoms with Crippen LogP contribution in [0.3, 0.4) is 0 Å². The Morgan fingerprint density at radius 1 is 1.23 bits per heavy atom. The summed E-state index contributed by atoms with van der Waals surface area (Å²) in [7, 11) is 0. The average molecular weight is 332 g/mol. The molecule has 2 N–H and O–H groups in total. The van der Waals surface area contributed by atoms with Crippen LogP contribution in [0.15, 0.2) is 47.8 Å². The quantitative estimate of drug-likeness (QED) is 0.751. The number of halogens is 1. The number of fused-ring (bicyclic) bond motifs is 1. The van der Waals surface area contributed by atoms with Gasteiger partial charge in [0.05, 0.1) is 13.0 Å². The smallest absolute Gasteiger partial charge is 0.228 e. The lowest BCUT2D eigenvalue weighted by Gasteiger charge is -2.06. The van der Waals surface area contributed by atoms with Crippen molar-refractivity contribution in [2.45, 2.75) is 13.0 Å². The Kier molecular flexibility index (Phi) is 4.43. The molecule has 112 valence electrons. The maximum absolute atomic E-state index is 12.2. The first kappa shape index (κ1) is 15.0. The number of benzene rings is 2. The molecule has 0 saturated heterocycles. The third-order valence-electron chi connectivity index (χ3n) is 3.36. The lowest BCUT2D eigenvalue weighted by Crippen LogP contribution is -2.14. The summed E-state index contributed by atoms with van der Waals surface area (Å²) in [6, 6.07) is 12.9. The van der Waals surface area contributed by atoms with Crippen LogP contribution in [0.25, 0.3) is 10.1 Å². The molecule has 3 aromatic rings. The topological polar surface area (TPSA) is 49.3 Å². The summed E-state index contributed by atoms with van der Waals surface area (Å²) in [6.45, 7) is -0.0443. The average Bonchev–Trinajstić information content (AvgIpc) is 2.89. The Hall–Kier alpha value is -1.88. The zero-order chi connectivity index (χ0) is 15.5. The van der Waals surface area contributed by atoms with Gasteiger partial charge in [0.2, 0.25) is 5.91 Å². The van der Waals surface area contributed by atoms with Gasteiger partial charge in [0, 0.05) is 15.4 Å². The molecule has 0 saturated carbocycles. The first-order valence-corrected chi connectivity index (χ1v) is 8.07. The Morgan fingerprint density at radius 3 is 2.91 bits per heavy atom. The first-order chi connectivity index (χ1) is 10.7. The van der Waals surface area contributed by atoms with Crippen LogP contribution in [0.2, 0.25) is 5.02 Å². The van der Waals surface area contributed by atoms with Gasteiger partial charge in [-0.1, -0.05) is 23.7 Å². The van der Waals surface area contributed by atoms with Crippen molar-refractivity contribution in [1.29, 1.82) is 0 Å². The van der Waals surface area contributed by atoms with E-state index in [1.54, 1.807) is 29.5 Å². The molecular weight excluding hydrogens is 318 g/mol. The van der Waals surface area contributed by atoms with Crippen LogP contribution in [-0.2, 0) is 17.8 Å². The molecule has 0 fully saturated rings. The van der Waals surface area contributed by atoms with Crippen LogP contribution in [0, 0.1) is 0 Å². The van der Waals surface area contributed by atoms with Crippen molar-refractivity contribution in [2.75, 3.05) is 5.32 Å². The van der Waals surface area contributed by atoms with Crippen molar-refractivity contribution in [3.8, 4) is 0 Å². The van der Waals surface area contributed by atoms with Crippen LogP contribution < -0.4 is 5.32 Å². The standard InChI is InChI=1S/C17H14ClNO2S/c18-13-4-5-16-15(8-13)12(10-22-16)7-17(21)19-14-3-1-2-11(6-14)9-20/h1-6,8,10,20H,7,9H2,(H,19,21). The second-order valence-electron chi connectivity index (χ2n) is 4.98. The van der Waals surface area contributed by atoms with Gasteiger partial charge in [-0.15, -0.1) is 11.3 Å². The summed E-state index contributed by atoms with van der Waals surface area (Å²) < 4.78 is 1.12. The SMILES string of the molecule is O=C(Cc1csc2ccc(Cl)cc12)Nc1cccc(CO)c1. The summed E-state index contributed by atoms with van der Waals surface area (Å²) in [5.74, 6) is -0.0882. The zero-order valence-corrected chi connectivity index (χ0v) is 13.2. The van der Waals surface area contributed by atoms with E-state index in [1.165, 1.54) is 0 Å². The molecule has 1 heterocycles. The Bertz CT molecular complexity index is 828. The van der Waals surface area contributed by atoms with E-state index in [4.69, 9.17) is 16.7 Å². The maximum atomic E-state index is 12.2. The number of carbonyl (C=O) groups excluding carboxylic acids is 1. The minimum Gasteiger partial charge on any atom is -0.392 e. The fourth-order valence-electron chi connectivity index (χ4n) is 2.32. The summed E-state index contributed by atoms with van der Waals surface area (Å²) in [4.78, 5) is 12.2. The largest absolute Gasteiger partial charge is 0.392 e. The maximum Gasteiger partial charge on any atom is 0.228 e. The lowest BCUT2D eigenvalue weighted by molar-refractivity contribution is -0.115. The van der Waals surface area contributed by atoms with Crippen LogP contribution in [0.1, 0.15) is 11.1 Å². The van der Waals surface area contributed by atoms with Crippen LogP contribution in [0.5, 0.6) is 0 Å². The molecule has 0 bridgehead atoms. The molecule has 1 amide bonds. The molecule has 1 aromatic heterocycles. The minimum atomic E-state index is -0.0882. The number of aliphatic hydroxyl groups is 1. The number of carbonyl (C=O) groups is 1. The van der Waals surface area contributed by atoms with Crippen molar-refractivity contribution < 1.29 is 9.90 Å². The summed E-state index contributed by atoms with van der Waals surface area (Å²) in [6.07, 6.45) is 0.295. The fourth-order valence-corrected chi connectivity index (χ4v) is 3.43. The second-order valence-corrected chi connectivity index (χ2v) is 6.33. The van der Waals surface area contributed by atoms with E-state index in [1.807, 2.05) is 29.6 Å². The highest BCUT2D eigenvalue weighted by atomic mass is 35.5. The van der Waals surface area contributed by atoms with Crippen molar-refractivity contribution in [3.05, 3.63) is 64.0 Å². The number of amides is 1. The van der Waals surface area contributed by atoms with E-state index in [0.717, 1.165) is 21.2 Å². The van der Waals surface area contributed by atoms with Gasteiger partial charge in [0.15, 0.2) is 0 Å². The van der Waals surface area contributed by atoms with Crippen molar-refractivity contribution in [1.82, 2.24) is 0 Å². The zero-order valence-electron chi connectivity index (χ0n) is 11.7. The Balaban J connectivity index is 1.76. The van der Waals surface area contributed by atoms with E-state index < -0.39 is 0 Å². The number of hydrogen-bond acceptors (Lipinski definition) is 3. The van der Waals surface area contributed by atoms with E-state index >= 15 is 0 Å². The van der Waals surface area contributed by atoms with Crippen molar-refractivity contribution in [3.63, 3.8) is 0 Å². The molecule has 0 unspecified atom stereocenters. The minimum absolute atomic E-state index is 0.0443. The van der Waals surface area contributed by atoms with Gasteiger partial charge < -0.3 is 10.4 Å². The molecule has 0 aliphatic carbocycles.